The molecule has 0 saturated heterocycles. The zero-order chi connectivity index (χ0) is 27.4. The van der Waals surface area contributed by atoms with Gasteiger partial charge in [-0.1, -0.05) is 32.0 Å². The lowest BCUT2D eigenvalue weighted by Crippen LogP contribution is -2.31. The summed E-state index contributed by atoms with van der Waals surface area (Å²) in [5, 5.41) is 12.6. The van der Waals surface area contributed by atoms with Gasteiger partial charge in [-0.2, -0.15) is 0 Å². The second-order valence-corrected chi connectivity index (χ2v) is 11.1. The van der Waals surface area contributed by atoms with Gasteiger partial charge in [0.25, 0.3) is 5.91 Å². The number of fused-ring (bicyclic) bond motifs is 3. The molecule has 0 spiro atoms. The number of carbonyl (C=O) groups is 2. The maximum absolute atomic E-state index is 12.2. The van der Waals surface area contributed by atoms with E-state index in [4.69, 9.17) is 14.5 Å². The van der Waals surface area contributed by atoms with Crippen LogP contribution in [0.25, 0.3) is 11.1 Å². The molecule has 7 heteroatoms. The maximum atomic E-state index is 12.2. The molecule has 3 aromatic rings. The molecule has 5 rings (SSSR count). The first kappa shape index (κ1) is 25.5. The van der Waals surface area contributed by atoms with Gasteiger partial charge in [0.2, 0.25) is 0 Å². The Balaban J connectivity index is 1.70. The Morgan fingerprint density at radius 2 is 1.71 bits per heavy atom. The van der Waals surface area contributed by atoms with Gasteiger partial charge < -0.3 is 19.9 Å². The summed E-state index contributed by atoms with van der Waals surface area (Å²) >= 11 is 0. The first-order valence-corrected chi connectivity index (χ1v) is 12.6. The SMILES string of the molecule is CNC(=O)c1ccc(-c2cc(C3=NCC(C)(C)c4cc(OC)c5c(c43)CC(C)(C)O5)ccc2C(=O)O)cc1. The lowest BCUT2D eigenvalue weighted by Gasteiger charge is -2.33. The van der Waals surface area contributed by atoms with Gasteiger partial charge >= 0.3 is 5.97 Å². The molecule has 7 nitrogen and oxygen atoms in total. The Bertz CT molecular complexity index is 1500. The van der Waals surface area contributed by atoms with E-state index >= 15 is 0 Å². The number of nitrogens with one attached hydrogen (secondary N) is 1. The van der Waals surface area contributed by atoms with Crippen LogP contribution in [0.5, 0.6) is 11.5 Å². The van der Waals surface area contributed by atoms with E-state index in [2.05, 4.69) is 39.1 Å². The van der Waals surface area contributed by atoms with Crippen molar-refractivity contribution in [3.63, 3.8) is 0 Å². The van der Waals surface area contributed by atoms with Gasteiger partial charge in [0.1, 0.15) is 5.60 Å². The number of ether oxygens (including phenoxy) is 2. The first-order valence-electron chi connectivity index (χ1n) is 12.6. The van der Waals surface area contributed by atoms with E-state index in [1.54, 1.807) is 44.5 Å². The number of benzene rings is 3. The van der Waals surface area contributed by atoms with Gasteiger partial charge in [0.05, 0.1) is 18.4 Å². The number of nitrogens with zero attached hydrogens (tertiary/aromatic N) is 1. The highest BCUT2D eigenvalue weighted by Gasteiger charge is 2.41. The summed E-state index contributed by atoms with van der Waals surface area (Å²) in [5.74, 6) is 0.245. The fourth-order valence-electron chi connectivity index (χ4n) is 5.41. The number of hydrogen-bond donors (Lipinski definition) is 2. The van der Waals surface area contributed by atoms with Gasteiger partial charge in [-0.05, 0) is 60.9 Å². The summed E-state index contributed by atoms with van der Waals surface area (Å²) in [5.41, 5.74) is 6.24. The third kappa shape index (κ3) is 4.22. The highest BCUT2D eigenvalue weighted by molar-refractivity contribution is 6.17. The third-order valence-electron chi connectivity index (χ3n) is 7.35. The molecule has 2 aliphatic heterocycles. The van der Waals surface area contributed by atoms with Gasteiger partial charge in [0.15, 0.2) is 11.5 Å². The van der Waals surface area contributed by atoms with Crippen LogP contribution in [0.1, 0.15) is 70.7 Å². The summed E-state index contributed by atoms with van der Waals surface area (Å²) < 4.78 is 12.1. The largest absolute Gasteiger partial charge is 0.493 e. The quantitative estimate of drug-likeness (QED) is 0.486. The molecule has 0 fully saturated rings. The van der Waals surface area contributed by atoms with Gasteiger partial charge in [0, 0.05) is 47.7 Å². The molecule has 0 saturated carbocycles. The Morgan fingerprint density at radius 3 is 2.34 bits per heavy atom. The van der Waals surface area contributed by atoms with Crippen LogP contribution in [0.15, 0.2) is 53.5 Å². The van der Waals surface area contributed by atoms with Gasteiger partial charge in [-0.15, -0.1) is 0 Å². The number of carbonyl (C=O) groups excluding carboxylic acids is 1. The molecule has 0 aliphatic carbocycles. The third-order valence-corrected chi connectivity index (χ3v) is 7.35. The van der Waals surface area contributed by atoms with E-state index in [1.165, 1.54) is 0 Å². The molecule has 196 valence electrons. The van der Waals surface area contributed by atoms with E-state index in [1.807, 2.05) is 12.1 Å². The molecule has 0 bridgehead atoms. The van der Waals surface area contributed by atoms with Crippen molar-refractivity contribution in [1.29, 1.82) is 0 Å². The number of amides is 1. The standard InChI is InChI=1S/C31H32N2O5/c1-30(2)16-33-26(25-22-15-31(3,4)38-27(22)24(37-6)14-23(25)30)19-11-12-20(29(35)36)21(13-19)17-7-9-18(10-8-17)28(34)32-5/h7-14H,15-16H2,1-6H3,(H,32,34)(H,35,36). The van der Waals surface area contributed by atoms with Gasteiger partial charge in [-0.25, -0.2) is 4.79 Å². The summed E-state index contributed by atoms with van der Waals surface area (Å²) in [6.07, 6.45) is 0.706. The summed E-state index contributed by atoms with van der Waals surface area (Å²) in [6.45, 7) is 9.05. The molecule has 0 atom stereocenters. The highest BCUT2D eigenvalue weighted by Crippen LogP contribution is 2.49. The van der Waals surface area contributed by atoms with Crippen molar-refractivity contribution >= 4 is 17.6 Å². The minimum atomic E-state index is -1.02. The van der Waals surface area contributed by atoms with Crippen molar-refractivity contribution in [3.8, 4) is 22.6 Å². The zero-order valence-corrected chi connectivity index (χ0v) is 22.6. The molecule has 1 amide bonds. The smallest absolute Gasteiger partial charge is 0.336 e. The molecule has 3 aromatic carbocycles. The van der Waals surface area contributed by atoms with Crippen LogP contribution in [0.2, 0.25) is 0 Å². The Kier molecular flexibility index (Phi) is 6.05. The monoisotopic (exact) mass is 512 g/mol. The van der Waals surface area contributed by atoms with Crippen LogP contribution in [0, 0.1) is 0 Å². The van der Waals surface area contributed by atoms with Crippen molar-refractivity contribution in [2.45, 2.75) is 45.1 Å². The topological polar surface area (TPSA) is 97.2 Å². The van der Waals surface area contributed by atoms with Crippen molar-refractivity contribution in [2.24, 2.45) is 4.99 Å². The number of carboxylic acids is 1. The molecule has 2 N–H and O–H groups in total. The molecule has 38 heavy (non-hydrogen) atoms. The van der Waals surface area contributed by atoms with E-state index in [0.29, 0.717) is 29.7 Å². The van der Waals surface area contributed by atoms with Crippen LogP contribution in [-0.4, -0.2) is 49.0 Å². The summed E-state index contributed by atoms with van der Waals surface area (Å²) in [6, 6.07) is 14.3. The second-order valence-electron chi connectivity index (χ2n) is 11.1. The van der Waals surface area contributed by atoms with E-state index in [0.717, 1.165) is 39.5 Å². The van der Waals surface area contributed by atoms with Crippen molar-refractivity contribution in [2.75, 3.05) is 20.7 Å². The molecular weight excluding hydrogens is 480 g/mol. The molecule has 2 heterocycles. The predicted octanol–water partition coefficient (Wildman–Crippen LogP) is 5.26. The molecule has 0 aromatic heterocycles. The predicted molar refractivity (Wildman–Crippen MR) is 147 cm³/mol. The second kappa shape index (κ2) is 9.01. The number of methoxy groups -OCH3 is 1. The summed E-state index contributed by atoms with van der Waals surface area (Å²) in [4.78, 5) is 29.2. The van der Waals surface area contributed by atoms with Crippen LogP contribution >= 0.6 is 0 Å². The lowest BCUT2D eigenvalue weighted by molar-refractivity contribution is 0.0697. The maximum Gasteiger partial charge on any atom is 0.336 e. The van der Waals surface area contributed by atoms with Crippen molar-refractivity contribution in [1.82, 2.24) is 5.32 Å². The number of aliphatic imine (C=N–C) groups is 1. The lowest BCUT2D eigenvalue weighted by atomic mass is 9.74. The number of aromatic carboxylic acids is 1. The molecular formula is C31H32N2O5. The van der Waals surface area contributed by atoms with Gasteiger partial charge in [-0.3, -0.25) is 9.79 Å². The zero-order valence-electron chi connectivity index (χ0n) is 22.6. The van der Waals surface area contributed by atoms with E-state index in [9.17, 15) is 14.7 Å². The van der Waals surface area contributed by atoms with Crippen molar-refractivity contribution in [3.05, 3.63) is 81.9 Å². The minimum Gasteiger partial charge on any atom is -0.493 e. The van der Waals surface area contributed by atoms with Crippen LogP contribution in [0.4, 0.5) is 0 Å². The Morgan fingerprint density at radius 1 is 1.03 bits per heavy atom. The van der Waals surface area contributed by atoms with Crippen LogP contribution in [-0.2, 0) is 11.8 Å². The van der Waals surface area contributed by atoms with E-state index in [-0.39, 0.29) is 22.5 Å². The average Bonchev–Trinajstić information content (AvgIpc) is 3.22. The first-order chi connectivity index (χ1) is 18.0. The van der Waals surface area contributed by atoms with E-state index < -0.39 is 5.97 Å². The normalized spacial score (nSPS) is 16.5. The van der Waals surface area contributed by atoms with Crippen LogP contribution < -0.4 is 14.8 Å². The fourth-order valence-corrected chi connectivity index (χ4v) is 5.41. The Hall–Kier alpha value is -4.13. The minimum absolute atomic E-state index is 0.183. The molecule has 2 aliphatic rings. The molecule has 0 radical (unpaired) electrons. The van der Waals surface area contributed by atoms with Crippen molar-refractivity contribution < 1.29 is 24.2 Å². The number of hydrogen-bond acceptors (Lipinski definition) is 5. The fraction of sp³-hybridized carbons (Fsp3) is 0.323. The highest BCUT2D eigenvalue weighted by atomic mass is 16.5. The average molecular weight is 513 g/mol. The molecule has 0 unspecified atom stereocenters. The number of rotatable bonds is 5. The summed E-state index contributed by atoms with van der Waals surface area (Å²) in [7, 11) is 3.23. The number of carboxylic acid groups (broad SMARTS) is 1. The van der Waals surface area contributed by atoms with Crippen LogP contribution in [0.3, 0.4) is 0 Å². The Labute approximate surface area is 222 Å².